The fraction of sp³-hybridized carbons (Fsp3) is 0.467. The van der Waals surface area contributed by atoms with E-state index in [4.69, 9.17) is 0 Å². The quantitative estimate of drug-likeness (QED) is 0.447. The smallest absolute Gasteiger partial charge is 0.301 e. The molecule has 0 heterocycles. The van der Waals surface area contributed by atoms with Gasteiger partial charge in [-0.1, -0.05) is 13.8 Å². The number of carboxylic acids is 1. The molecule has 0 aromatic heterocycles. The molecule has 1 aromatic rings. The van der Waals surface area contributed by atoms with E-state index in [0.717, 1.165) is 12.1 Å². The maximum Gasteiger partial charge on any atom is 0.301 e. The molecule has 10 heteroatoms. The molecule has 134 valence electrons. The van der Waals surface area contributed by atoms with Crippen LogP contribution in [0.3, 0.4) is 0 Å². The molecule has 1 fully saturated rings. The van der Waals surface area contributed by atoms with Crippen molar-refractivity contribution in [3.05, 3.63) is 38.4 Å². The van der Waals surface area contributed by atoms with Crippen molar-refractivity contribution in [3.8, 4) is 0 Å². The van der Waals surface area contributed by atoms with Crippen LogP contribution in [0, 0.1) is 37.5 Å². The number of nitrogens with one attached hydrogen (secondary N) is 1. The molecule has 2 atom stereocenters. The Balaban J connectivity index is 2.12. The number of non-ortho nitro benzene ring substituents is 1. The summed E-state index contributed by atoms with van der Waals surface area (Å²) in [4.78, 5) is 31.4. The first-order chi connectivity index (χ1) is 11.6. The fourth-order valence-electron chi connectivity index (χ4n) is 2.99. The monoisotopic (exact) mass is 349 g/mol. The van der Waals surface area contributed by atoms with Gasteiger partial charge in [-0.3, -0.25) is 25.7 Å². The molecule has 0 bridgehead atoms. The van der Waals surface area contributed by atoms with Gasteiger partial charge in [0.15, 0.2) is 0 Å². The summed E-state index contributed by atoms with van der Waals surface area (Å²) in [6.45, 7) is 5.34. The molecular weight excluding hydrogens is 332 g/mol. The van der Waals surface area contributed by atoms with Gasteiger partial charge < -0.3 is 9.90 Å². The van der Waals surface area contributed by atoms with E-state index in [1.54, 1.807) is 6.92 Å². The minimum atomic E-state index is -1.10. The number of anilines is 1. The van der Waals surface area contributed by atoms with Crippen LogP contribution in [0.25, 0.3) is 0 Å². The number of hydrogen-bond acceptors (Lipinski definition) is 8. The summed E-state index contributed by atoms with van der Waals surface area (Å²) in [5, 5.41) is 36.9. The lowest BCUT2D eigenvalue weighted by Gasteiger charge is -2.05. The summed E-state index contributed by atoms with van der Waals surface area (Å²) in [6.07, 6.45) is 0.402. The third-order valence-corrected chi connectivity index (χ3v) is 4.58. The van der Waals surface area contributed by atoms with E-state index in [9.17, 15) is 30.1 Å². The number of hydrazone groups is 1. The number of aliphatic carboxylic acids is 1. The van der Waals surface area contributed by atoms with Gasteiger partial charge in [0.2, 0.25) is 0 Å². The number of nitro benzene ring substituents is 2. The standard InChI is InChI=1S/C15H18N4O6/c1-8(6-10-13(14(20)21)15(10,2)3)16-17-11-5-4-9(18(22)23)7-12(11)19(24)25/h4-5,7,10,13,17H,6H2,1-3H3,(H,20,21)/p-1/b16-8-/t10-,13-/m1/s1. The van der Waals surface area contributed by atoms with Crippen LogP contribution in [-0.4, -0.2) is 21.5 Å². The van der Waals surface area contributed by atoms with Crippen LogP contribution in [-0.2, 0) is 4.79 Å². The highest BCUT2D eigenvalue weighted by molar-refractivity contribution is 5.85. The predicted molar refractivity (Wildman–Crippen MR) is 86.9 cm³/mol. The van der Waals surface area contributed by atoms with Crippen molar-refractivity contribution in [3.63, 3.8) is 0 Å². The topological polar surface area (TPSA) is 151 Å². The maximum atomic E-state index is 11.1. The van der Waals surface area contributed by atoms with Crippen LogP contribution in [0.15, 0.2) is 23.3 Å². The Bertz CT molecular complexity index is 773. The molecule has 0 amide bonds. The largest absolute Gasteiger partial charge is 0.550 e. The molecule has 2 rings (SSSR count). The van der Waals surface area contributed by atoms with Gasteiger partial charge in [-0.15, -0.1) is 0 Å². The number of nitrogens with zero attached hydrogens (tertiary/aromatic N) is 3. The maximum absolute atomic E-state index is 11.1. The van der Waals surface area contributed by atoms with Gasteiger partial charge in [-0.25, -0.2) is 0 Å². The minimum Gasteiger partial charge on any atom is -0.550 e. The van der Waals surface area contributed by atoms with Gasteiger partial charge in [-0.2, -0.15) is 5.10 Å². The van der Waals surface area contributed by atoms with Crippen LogP contribution in [0.2, 0.25) is 0 Å². The summed E-state index contributed by atoms with van der Waals surface area (Å²) in [7, 11) is 0. The van der Waals surface area contributed by atoms with Crippen LogP contribution < -0.4 is 10.5 Å². The molecule has 1 N–H and O–H groups in total. The number of carbonyl (C=O) groups is 1. The van der Waals surface area contributed by atoms with E-state index in [0.29, 0.717) is 12.1 Å². The van der Waals surface area contributed by atoms with Crippen LogP contribution in [0.1, 0.15) is 27.2 Å². The Morgan fingerprint density at radius 3 is 2.40 bits per heavy atom. The van der Waals surface area contributed by atoms with Gasteiger partial charge in [0.1, 0.15) is 5.69 Å². The lowest BCUT2D eigenvalue weighted by Crippen LogP contribution is -2.26. The Kier molecular flexibility index (Phi) is 4.73. The average molecular weight is 349 g/mol. The highest BCUT2D eigenvalue weighted by Gasteiger charge is 2.58. The van der Waals surface area contributed by atoms with Gasteiger partial charge in [0.05, 0.1) is 15.9 Å². The van der Waals surface area contributed by atoms with E-state index < -0.39 is 33.1 Å². The number of carbonyl (C=O) groups excluding carboxylic acids is 1. The molecule has 0 aliphatic heterocycles. The lowest BCUT2D eigenvalue weighted by molar-refractivity contribution is -0.393. The minimum absolute atomic E-state index is 0.0152. The van der Waals surface area contributed by atoms with Crippen molar-refractivity contribution in [2.45, 2.75) is 27.2 Å². The number of hydrogen-bond donors (Lipinski definition) is 1. The molecule has 0 radical (unpaired) electrons. The molecule has 0 spiro atoms. The summed E-state index contributed by atoms with van der Waals surface area (Å²) >= 11 is 0. The van der Waals surface area contributed by atoms with Crippen molar-refractivity contribution < 1.29 is 19.7 Å². The molecule has 1 aliphatic carbocycles. The number of benzene rings is 1. The third kappa shape index (κ3) is 3.73. The van der Waals surface area contributed by atoms with Gasteiger partial charge in [-0.05, 0) is 30.7 Å². The second-order valence-corrected chi connectivity index (χ2v) is 6.60. The summed E-state index contributed by atoms with van der Waals surface area (Å²) in [6, 6.07) is 3.19. The fourth-order valence-corrected chi connectivity index (χ4v) is 2.99. The lowest BCUT2D eigenvalue weighted by atomic mass is 10.1. The van der Waals surface area contributed by atoms with Crippen LogP contribution >= 0.6 is 0 Å². The molecule has 0 unspecified atom stereocenters. The van der Waals surface area contributed by atoms with Crippen molar-refractivity contribution >= 4 is 28.7 Å². The Morgan fingerprint density at radius 2 is 1.92 bits per heavy atom. The molecular formula is C15H17N4O6-. The number of rotatable bonds is 7. The Morgan fingerprint density at radius 1 is 1.28 bits per heavy atom. The van der Waals surface area contributed by atoms with Crippen molar-refractivity contribution in [1.82, 2.24) is 0 Å². The van der Waals surface area contributed by atoms with Crippen LogP contribution in [0.4, 0.5) is 17.1 Å². The predicted octanol–water partition coefficient (Wildman–Crippen LogP) is 1.70. The highest BCUT2D eigenvalue weighted by atomic mass is 16.6. The van der Waals surface area contributed by atoms with Crippen LogP contribution in [0.5, 0.6) is 0 Å². The second kappa shape index (κ2) is 6.46. The molecule has 1 aliphatic rings. The first-order valence-corrected chi connectivity index (χ1v) is 7.48. The summed E-state index contributed by atoms with van der Waals surface area (Å²) in [5.41, 5.74) is 1.86. The third-order valence-electron chi connectivity index (χ3n) is 4.58. The first kappa shape index (κ1) is 18.3. The van der Waals surface area contributed by atoms with Gasteiger partial charge >= 0.3 is 5.69 Å². The van der Waals surface area contributed by atoms with Crippen molar-refractivity contribution in [2.24, 2.45) is 22.4 Å². The average Bonchev–Trinajstić information content (AvgIpc) is 3.05. The van der Waals surface area contributed by atoms with E-state index in [2.05, 4.69) is 10.5 Å². The summed E-state index contributed by atoms with van der Waals surface area (Å²) in [5.74, 6) is -1.76. The van der Waals surface area contributed by atoms with E-state index in [1.807, 2.05) is 13.8 Å². The van der Waals surface area contributed by atoms with E-state index >= 15 is 0 Å². The summed E-state index contributed by atoms with van der Waals surface area (Å²) < 4.78 is 0. The number of carboxylic acid groups (broad SMARTS) is 1. The Labute approximate surface area is 142 Å². The van der Waals surface area contributed by atoms with Gasteiger partial charge in [0.25, 0.3) is 5.69 Å². The van der Waals surface area contributed by atoms with E-state index in [-0.39, 0.29) is 17.0 Å². The molecule has 0 saturated heterocycles. The zero-order chi connectivity index (χ0) is 18.9. The number of nitro groups is 2. The SMILES string of the molecule is C/C(C[C@@H]1[C@H](C(=O)[O-])C1(C)C)=N/Nc1ccc([N+](=O)[O-])cc1[N+](=O)[O-]. The second-order valence-electron chi connectivity index (χ2n) is 6.60. The van der Waals surface area contributed by atoms with E-state index in [1.165, 1.54) is 6.07 Å². The Hall–Kier alpha value is -3.04. The molecule has 10 nitrogen and oxygen atoms in total. The normalized spacial score (nSPS) is 21.5. The zero-order valence-electron chi connectivity index (χ0n) is 13.9. The van der Waals surface area contributed by atoms with Gasteiger partial charge in [0, 0.05) is 23.7 Å². The van der Waals surface area contributed by atoms with Crippen molar-refractivity contribution in [1.29, 1.82) is 0 Å². The molecule has 1 aromatic carbocycles. The zero-order valence-corrected chi connectivity index (χ0v) is 13.9. The first-order valence-electron chi connectivity index (χ1n) is 7.48. The molecule has 1 saturated carbocycles. The molecule has 25 heavy (non-hydrogen) atoms. The highest BCUT2D eigenvalue weighted by Crippen LogP contribution is 2.59. The van der Waals surface area contributed by atoms with Crippen molar-refractivity contribution in [2.75, 3.05) is 5.43 Å².